The van der Waals surface area contributed by atoms with E-state index in [-0.39, 0.29) is 0 Å². The van der Waals surface area contributed by atoms with Gasteiger partial charge >= 0.3 is 0 Å². The van der Waals surface area contributed by atoms with E-state index in [9.17, 15) is 0 Å². The normalized spacial score (nSPS) is 22.6. The van der Waals surface area contributed by atoms with Crippen molar-refractivity contribution in [2.24, 2.45) is 4.99 Å². The molecule has 0 radical (unpaired) electrons. The van der Waals surface area contributed by atoms with E-state index in [0.717, 1.165) is 6.54 Å². The molecule has 0 amide bonds. The van der Waals surface area contributed by atoms with Gasteiger partial charge in [0.05, 0.1) is 0 Å². The number of aryl methyl sites for hydroxylation is 1. The molecule has 0 aromatic carbocycles. The molecule has 3 aliphatic rings. The van der Waals surface area contributed by atoms with E-state index in [1.807, 2.05) is 11.3 Å². The molecule has 1 aromatic heterocycles. The topological polar surface area (TPSA) is 15.6 Å². The van der Waals surface area contributed by atoms with E-state index in [1.54, 1.807) is 16.0 Å². The number of amidine groups is 1. The van der Waals surface area contributed by atoms with Crippen molar-refractivity contribution < 1.29 is 0 Å². The third kappa shape index (κ3) is 1.55. The molecule has 2 nitrogen and oxygen atoms in total. The Morgan fingerprint density at radius 2 is 1.82 bits per heavy atom. The van der Waals surface area contributed by atoms with Crippen molar-refractivity contribution in [1.29, 1.82) is 0 Å². The average molecular weight is 246 g/mol. The van der Waals surface area contributed by atoms with Crippen LogP contribution in [-0.4, -0.2) is 17.3 Å². The van der Waals surface area contributed by atoms with Crippen LogP contribution >= 0.6 is 11.3 Å². The lowest BCUT2D eigenvalue weighted by atomic mass is 9.94. The molecular weight excluding hydrogens is 228 g/mol. The van der Waals surface area contributed by atoms with E-state index in [2.05, 4.69) is 4.90 Å². The molecule has 1 aliphatic carbocycles. The number of nitrogens with zero attached hydrogens (tertiary/aromatic N) is 2. The summed E-state index contributed by atoms with van der Waals surface area (Å²) in [6.45, 7) is 2.38. The lowest BCUT2D eigenvalue weighted by Crippen LogP contribution is -2.36. The lowest BCUT2D eigenvalue weighted by molar-refractivity contribution is 0.358. The molecule has 4 rings (SSSR count). The molecule has 0 bridgehead atoms. The Balaban J connectivity index is 1.79. The minimum absolute atomic E-state index is 1.15. The molecule has 0 saturated carbocycles. The zero-order valence-corrected chi connectivity index (χ0v) is 11.0. The minimum atomic E-state index is 1.15. The summed E-state index contributed by atoms with van der Waals surface area (Å²) in [6, 6.07) is 0. The molecule has 3 heterocycles. The summed E-state index contributed by atoms with van der Waals surface area (Å²) in [6.07, 6.45) is 9.25. The van der Waals surface area contributed by atoms with Crippen LogP contribution in [-0.2, 0) is 19.4 Å². The van der Waals surface area contributed by atoms with Gasteiger partial charge in [0, 0.05) is 30.0 Å². The van der Waals surface area contributed by atoms with Crippen molar-refractivity contribution in [3.8, 4) is 0 Å². The number of hydrogen-bond acceptors (Lipinski definition) is 3. The highest BCUT2D eigenvalue weighted by Gasteiger charge is 2.28. The summed E-state index contributed by atoms with van der Waals surface area (Å²) in [4.78, 5) is 9.10. The Morgan fingerprint density at radius 1 is 0.941 bits per heavy atom. The van der Waals surface area contributed by atoms with Gasteiger partial charge in [-0.15, -0.1) is 11.3 Å². The number of rotatable bonds is 0. The van der Waals surface area contributed by atoms with Gasteiger partial charge in [0.1, 0.15) is 10.8 Å². The van der Waals surface area contributed by atoms with Gasteiger partial charge in [-0.1, -0.05) is 0 Å². The molecule has 0 unspecified atom stereocenters. The zero-order chi connectivity index (χ0) is 11.2. The monoisotopic (exact) mass is 246 g/mol. The maximum Gasteiger partial charge on any atom is 0.123 e. The lowest BCUT2D eigenvalue weighted by Gasteiger charge is -2.33. The summed E-state index contributed by atoms with van der Waals surface area (Å²) in [5, 5.41) is 1.35. The highest BCUT2D eigenvalue weighted by atomic mass is 32.1. The van der Waals surface area contributed by atoms with Crippen molar-refractivity contribution in [2.45, 2.75) is 51.5 Å². The van der Waals surface area contributed by atoms with Gasteiger partial charge in [-0.2, -0.15) is 0 Å². The fraction of sp³-hybridized carbons (Fsp3) is 0.643. The Kier molecular flexibility index (Phi) is 2.29. The van der Waals surface area contributed by atoms with Crippen LogP contribution in [0.5, 0.6) is 0 Å². The summed E-state index contributed by atoms with van der Waals surface area (Å²) in [5.41, 5.74) is 3.25. The van der Waals surface area contributed by atoms with Gasteiger partial charge in [0.2, 0.25) is 0 Å². The Bertz CT molecular complexity index is 487. The number of fused-ring (bicyclic) bond motifs is 4. The fourth-order valence-corrected chi connectivity index (χ4v) is 4.64. The van der Waals surface area contributed by atoms with Gasteiger partial charge in [-0.05, 0) is 44.1 Å². The van der Waals surface area contributed by atoms with E-state index >= 15 is 0 Å². The molecule has 1 saturated heterocycles. The van der Waals surface area contributed by atoms with E-state index in [1.165, 1.54) is 62.3 Å². The second-order valence-corrected chi connectivity index (χ2v) is 6.48. The van der Waals surface area contributed by atoms with Gasteiger partial charge in [0.15, 0.2) is 0 Å². The van der Waals surface area contributed by atoms with E-state index in [0.29, 0.717) is 0 Å². The average Bonchev–Trinajstić information content (AvgIpc) is 2.73. The molecule has 0 atom stereocenters. The SMILES string of the molecule is C1CCN2Cc3c(sc4c3CCCC4)N=C2C1. The smallest absolute Gasteiger partial charge is 0.123 e. The van der Waals surface area contributed by atoms with Crippen LogP contribution in [0.2, 0.25) is 0 Å². The van der Waals surface area contributed by atoms with Gasteiger partial charge < -0.3 is 4.90 Å². The fourth-order valence-electron chi connectivity index (χ4n) is 3.35. The minimum Gasteiger partial charge on any atom is -0.356 e. The first-order valence-corrected chi connectivity index (χ1v) is 7.69. The van der Waals surface area contributed by atoms with Crippen molar-refractivity contribution in [1.82, 2.24) is 4.90 Å². The van der Waals surface area contributed by atoms with Crippen molar-refractivity contribution >= 4 is 22.2 Å². The predicted molar refractivity (Wildman–Crippen MR) is 72.3 cm³/mol. The maximum absolute atomic E-state index is 4.93. The molecule has 17 heavy (non-hydrogen) atoms. The first-order valence-electron chi connectivity index (χ1n) is 6.88. The summed E-state index contributed by atoms with van der Waals surface area (Å²) >= 11 is 1.98. The second kappa shape index (κ2) is 3.84. The van der Waals surface area contributed by atoms with Crippen molar-refractivity contribution in [2.75, 3.05) is 6.54 Å². The number of piperidine rings is 1. The zero-order valence-electron chi connectivity index (χ0n) is 10.2. The van der Waals surface area contributed by atoms with Crippen LogP contribution in [0.15, 0.2) is 4.99 Å². The van der Waals surface area contributed by atoms with E-state index < -0.39 is 0 Å². The highest BCUT2D eigenvalue weighted by molar-refractivity contribution is 7.16. The predicted octanol–water partition coefficient (Wildman–Crippen LogP) is 3.66. The molecule has 0 spiro atoms. The highest BCUT2D eigenvalue weighted by Crippen LogP contribution is 2.43. The number of aliphatic imine (C=N–C) groups is 1. The van der Waals surface area contributed by atoms with Gasteiger partial charge in [-0.25, -0.2) is 4.99 Å². The van der Waals surface area contributed by atoms with E-state index in [4.69, 9.17) is 4.99 Å². The largest absolute Gasteiger partial charge is 0.356 e. The first-order chi connectivity index (χ1) is 8.42. The molecular formula is C14H18N2S. The Hall–Kier alpha value is -0.830. The summed E-state index contributed by atoms with van der Waals surface area (Å²) < 4.78 is 0. The Labute approximate surface area is 106 Å². The third-order valence-corrected chi connectivity index (χ3v) is 5.51. The molecule has 90 valence electrons. The van der Waals surface area contributed by atoms with Crippen molar-refractivity contribution in [3.05, 3.63) is 16.0 Å². The molecule has 2 aliphatic heterocycles. The third-order valence-electron chi connectivity index (χ3n) is 4.28. The first kappa shape index (κ1) is 10.1. The van der Waals surface area contributed by atoms with Crippen molar-refractivity contribution in [3.63, 3.8) is 0 Å². The van der Waals surface area contributed by atoms with Crippen LogP contribution in [0.3, 0.4) is 0 Å². The molecule has 3 heteroatoms. The van der Waals surface area contributed by atoms with Crippen LogP contribution in [0.1, 0.15) is 48.1 Å². The van der Waals surface area contributed by atoms with Crippen LogP contribution < -0.4 is 0 Å². The number of thiophene rings is 1. The standard InChI is InChI=1S/C14H18N2S/c1-2-6-12-10(5-1)11-9-16-8-4-3-7-13(16)15-14(11)17-12/h1-9H2. The molecule has 1 fully saturated rings. The Morgan fingerprint density at radius 3 is 2.82 bits per heavy atom. The van der Waals surface area contributed by atoms with Gasteiger partial charge in [-0.3, -0.25) is 0 Å². The molecule has 1 aromatic rings. The summed E-state index contributed by atoms with van der Waals surface area (Å²) in [7, 11) is 0. The van der Waals surface area contributed by atoms with Crippen LogP contribution in [0.4, 0.5) is 5.00 Å². The quantitative estimate of drug-likeness (QED) is 0.682. The van der Waals surface area contributed by atoms with Crippen LogP contribution in [0.25, 0.3) is 0 Å². The summed E-state index contributed by atoms with van der Waals surface area (Å²) in [5.74, 6) is 1.36. The number of hydrogen-bond donors (Lipinski definition) is 0. The van der Waals surface area contributed by atoms with Crippen LogP contribution in [0, 0.1) is 0 Å². The maximum atomic E-state index is 4.93. The van der Waals surface area contributed by atoms with Gasteiger partial charge in [0.25, 0.3) is 0 Å². The molecule has 0 N–H and O–H groups in total. The second-order valence-electron chi connectivity index (χ2n) is 5.40.